The Kier molecular flexibility index (Phi) is 2.99. The normalized spacial score (nSPS) is 16.4. The van der Waals surface area contributed by atoms with Gasteiger partial charge in [-0.25, -0.2) is 9.78 Å². The molecule has 0 unspecified atom stereocenters. The topological polar surface area (TPSA) is 63.3 Å². The lowest BCUT2D eigenvalue weighted by molar-refractivity contribution is 0.0656. The highest BCUT2D eigenvalue weighted by Crippen LogP contribution is 2.36. The van der Waals surface area contributed by atoms with Crippen LogP contribution in [0.1, 0.15) is 61.2 Å². The monoisotopic (exact) mass is 223 g/mol. The highest BCUT2D eigenvalue weighted by molar-refractivity contribution is 5.85. The average Bonchev–Trinajstić information content (AvgIpc) is 2.44. The molecule has 4 nitrogen and oxygen atoms in total. The predicted octanol–water partition coefficient (Wildman–Crippen LogP) is 2.84. The van der Waals surface area contributed by atoms with Crippen molar-refractivity contribution in [3.05, 3.63) is 17.3 Å². The second kappa shape index (κ2) is 4.28. The van der Waals surface area contributed by atoms with Crippen LogP contribution in [0.3, 0.4) is 0 Å². The van der Waals surface area contributed by atoms with E-state index >= 15 is 0 Å². The Hall–Kier alpha value is -1.32. The van der Waals surface area contributed by atoms with Gasteiger partial charge in [0, 0.05) is 5.92 Å². The lowest BCUT2D eigenvalue weighted by Gasteiger charge is -2.21. The summed E-state index contributed by atoms with van der Waals surface area (Å²) < 4.78 is 5.37. The third-order valence-electron chi connectivity index (χ3n) is 2.96. The van der Waals surface area contributed by atoms with E-state index in [1.54, 1.807) is 0 Å². The molecule has 0 bridgehead atoms. The molecule has 0 saturated heterocycles. The average molecular weight is 223 g/mol. The van der Waals surface area contributed by atoms with Crippen LogP contribution >= 0.6 is 0 Å². The quantitative estimate of drug-likeness (QED) is 0.852. The minimum atomic E-state index is -1.01. The second-order valence-corrected chi connectivity index (χ2v) is 4.86. The lowest BCUT2D eigenvalue weighted by atomic mass is 9.85. The summed E-state index contributed by atoms with van der Waals surface area (Å²) in [4.78, 5) is 15.4. The van der Waals surface area contributed by atoms with Crippen LogP contribution in [-0.2, 0) is 6.42 Å². The van der Waals surface area contributed by atoms with E-state index in [1.807, 2.05) is 13.8 Å². The number of aromatic carboxylic acids is 1. The minimum absolute atomic E-state index is 0.0376. The van der Waals surface area contributed by atoms with Gasteiger partial charge in [0.05, 0.1) is 5.69 Å². The Morgan fingerprint density at radius 2 is 2.25 bits per heavy atom. The maximum Gasteiger partial charge on any atom is 0.373 e. The Labute approximate surface area is 94.7 Å². The van der Waals surface area contributed by atoms with E-state index in [1.165, 1.54) is 6.42 Å². The van der Waals surface area contributed by atoms with Crippen molar-refractivity contribution in [3.8, 4) is 0 Å². The second-order valence-electron chi connectivity index (χ2n) is 4.86. The fraction of sp³-hybridized carbons (Fsp3) is 0.667. The zero-order valence-electron chi connectivity index (χ0n) is 9.69. The Bertz CT molecular complexity index is 391. The number of carboxylic acids is 1. The fourth-order valence-electron chi connectivity index (χ4n) is 1.89. The molecule has 0 radical (unpaired) electrons. The van der Waals surface area contributed by atoms with Crippen LogP contribution in [0.25, 0.3) is 0 Å². The van der Waals surface area contributed by atoms with Crippen LogP contribution in [0, 0.1) is 5.92 Å². The van der Waals surface area contributed by atoms with Gasteiger partial charge in [0.1, 0.15) is 0 Å². The Morgan fingerprint density at radius 1 is 1.56 bits per heavy atom. The molecular weight excluding hydrogens is 206 g/mol. The van der Waals surface area contributed by atoms with E-state index < -0.39 is 5.97 Å². The SMILES string of the molecule is CC(C)Cc1nc(C2CCC2)oc1C(=O)O. The van der Waals surface area contributed by atoms with Gasteiger partial charge in [-0.05, 0) is 25.2 Å². The molecular formula is C12H17NO3. The van der Waals surface area contributed by atoms with Crippen LogP contribution < -0.4 is 0 Å². The minimum Gasteiger partial charge on any atom is -0.475 e. The third kappa shape index (κ3) is 2.10. The third-order valence-corrected chi connectivity index (χ3v) is 2.96. The fourth-order valence-corrected chi connectivity index (χ4v) is 1.89. The van der Waals surface area contributed by atoms with E-state index in [2.05, 4.69) is 4.98 Å². The molecule has 88 valence electrons. The van der Waals surface area contributed by atoms with E-state index in [4.69, 9.17) is 9.52 Å². The summed E-state index contributed by atoms with van der Waals surface area (Å²) in [6.45, 7) is 4.09. The van der Waals surface area contributed by atoms with E-state index in [-0.39, 0.29) is 5.76 Å². The van der Waals surface area contributed by atoms with Gasteiger partial charge in [-0.2, -0.15) is 0 Å². The van der Waals surface area contributed by atoms with Crippen LogP contribution in [0.2, 0.25) is 0 Å². The van der Waals surface area contributed by atoms with Gasteiger partial charge >= 0.3 is 5.97 Å². The van der Waals surface area contributed by atoms with Crippen LogP contribution in [0.4, 0.5) is 0 Å². The van der Waals surface area contributed by atoms with Crippen molar-refractivity contribution < 1.29 is 14.3 Å². The van der Waals surface area contributed by atoms with Crippen molar-refractivity contribution in [1.29, 1.82) is 0 Å². The first-order chi connectivity index (χ1) is 7.58. The summed E-state index contributed by atoms with van der Waals surface area (Å²) in [6, 6.07) is 0. The molecule has 1 heterocycles. The molecule has 1 fully saturated rings. The maximum atomic E-state index is 11.0. The largest absolute Gasteiger partial charge is 0.475 e. The van der Waals surface area contributed by atoms with E-state index in [0.29, 0.717) is 29.8 Å². The van der Waals surface area contributed by atoms with Gasteiger partial charge in [0.2, 0.25) is 5.76 Å². The van der Waals surface area contributed by atoms with Crippen LogP contribution in [-0.4, -0.2) is 16.1 Å². The predicted molar refractivity (Wildman–Crippen MR) is 58.6 cm³/mol. The molecule has 1 aromatic rings. The first-order valence-corrected chi connectivity index (χ1v) is 5.80. The van der Waals surface area contributed by atoms with Gasteiger partial charge in [-0.15, -0.1) is 0 Å². The summed E-state index contributed by atoms with van der Waals surface area (Å²) in [6.07, 6.45) is 3.99. The maximum absolute atomic E-state index is 11.0. The highest BCUT2D eigenvalue weighted by Gasteiger charge is 2.28. The molecule has 0 aromatic carbocycles. The van der Waals surface area contributed by atoms with Gasteiger partial charge in [0.25, 0.3) is 0 Å². The molecule has 4 heteroatoms. The molecule has 1 aliphatic rings. The summed E-state index contributed by atoms with van der Waals surface area (Å²) in [5, 5.41) is 9.03. The first-order valence-electron chi connectivity index (χ1n) is 5.80. The van der Waals surface area contributed by atoms with Gasteiger partial charge in [-0.1, -0.05) is 20.3 Å². The van der Waals surface area contributed by atoms with Crippen molar-refractivity contribution in [2.75, 3.05) is 0 Å². The zero-order chi connectivity index (χ0) is 11.7. The number of hydrogen-bond acceptors (Lipinski definition) is 3. The first kappa shape index (κ1) is 11.2. The summed E-state index contributed by atoms with van der Waals surface area (Å²) >= 11 is 0. The molecule has 1 aromatic heterocycles. The summed E-state index contributed by atoms with van der Waals surface area (Å²) in [7, 11) is 0. The molecule has 2 rings (SSSR count). The number of rotatable bonds is 4. The lowest BCUT2D eigenvalue weighted by Crippen LogP contribution is -2.09. The Morgan fingerprint density at radius 3 is 2.69 bits per heavy atom. The molecule has 0 atom stereocenters. The van der Waals surface area contributed by atoms with Crippen LogP contribution in [0.15, 0.2) is 4.42 Å². The summed E-state index contributed by atoms with van der Waals surface area (Å²) in [5.41, 5.74) is 0.601. The molecule has 0 amide bonds. The van der Waals surface area contributed by atoms with Crippen LogP contribution in [0.5, 0.6) is 0 Å². The van der Waals surface area contributed by atoms with Gasteiger partial charge < -0.3 is 9.52 Å². The molecule has 1 aliphatic carbocycles. The standard InChI is InChI=1S/C12H17NO3/c1-7(2)6-9-10(12(14)15)16-11(13-9)8-4-3-5-8/h7-8H,3-6H2,1-2H3,(H,14,15). The molecule has 1 N–H and O–H groups in total. The van der Waals surface area contributed by atoms with Crippen molar-refractivity contribution in [2.24, 2.45) is 5.92 Å². The number of carboxylic acid groups (broad SMARTS) is 1. The molecule has 1 saturated carbocycles. The molecule has 0 aliphatic heterocycles. The molecule has 16 heavy (non-hydrogen) atoms. The van der Waals surface area contributed by atoms with Crippen molar-refractivity contribution in [1.82, 2.24) is 4.98 Å². The van der Waals surface area contributed by atoms with Crippen molar-refractivity contribution in [3.63, 3.8) is 0 Å². The number of carbonyl (C=O) groups is 1. The number of aromatic nitrogens is 1. The van der Waals surface area contributed by atoms with Gasteiger partial charge in [-0.3, -0.25) is 0 Å². The summed E-state index contributed by atoms with van der Waals surface area (Å²) in [5.74, 6) is 0.389. The van der Waals surface area contributed by atoms with Gasteiger partial charge in [0.15, 0.2) is 5.89 Å². The number of hydrogen-bond donors (Lipinski definition) is 1. The van der Waals surface area contributed by atoms with E-state index in [9.17, 15) is 4.79 Å². The Balaban J connectivity index is 2.25. The number of nitrogens with zero attached hydrogens (tertiary/aromatic N) is 1. The number of oxazole rings is 1. The smallest absolute Gasteiger partial charge is 0.373 e. The van der Waals surface area contributed by atoms with Crippen molar-refractivity contribution >= 4 is 5.97 Å². The zero-order valence-corrected chi connectivity index (χ0v) is 9.69. The molecule has 0 spiro atoms. The van der Waals surface area contributed by atoms with E-state index in [0.717, 1.165) is 12.8 Å². The highest BCUT2D eigenvalue weighted by atomic mass is 16.4. The van der Waals surface area contributed by atoms with Crippen molar-refractivity contribution in [2.45, 2.75) is 45.4 Å².